The number of anilines is 4. The summed E-state index contributed by atoms with van der Waals surface area (Å²) in [6, 6.07) is 21.8. The van der Waals surface area contributed by atoms with Crippen molar-refractivity contribution in [2.75, 3.05) is 10.6 Å². The van der Waals surface area contributed by atoms with Gasteiger partial charge in [0.15, 0.2) is 6.29 Å². The third-order valence-electron chi connectivity index (χ3n) is 3.46. The summed E-state index contributed by atoms with van der Waals surface area (Å²) in [7, 11) is 0. The van der Waals surface area contributed by atoms with Gasteiger partial charge in [0.05, 0.1) is 11.4 Å². The van der Waals surface area contributed by atoms with E-state index in [2.05, 4.69) is 55.8 Å². The van der Waals surface area contributed by atoms with Crippen LogP contribution in [0.25, 0.3) is 0 Å². The second-order valence-corrected chi connectivity index (χ2v) is 7.64. The molecule has 0 fully saturated rings. The van der Waals surface area contributed by atoms with Crippen molar-refractivity contribution in [3.05, 3.63) is 79.4 Å². The summed E-state index contributed by atoms with van der Waals surface area (Å²) < 4.78 is 2.34. The van der Waals surface area contributed by atoms with E-state index in [0.29, 0.717) is 5.56 Å². The van der Waals surface area contributed by atoms with Crippen molar-refractivity contribution < 1.29 is 4.79 Å². The number of hydrogen-bond acceptors (Lipinski definition) is 3. The maximum Gasteiger partial charge on any atom is 0.152 e. The Morgan fingerprint density at radius 2 is 1.25 bits per heavy atom. The monoisotopic (exact) mass is 540 g/mol. The van der Waals surface area contributed by atoms with Gasteiger partial charge >= 0.3 is 0 Å². The standard InChI is InChI=1S/C19H14I2N2O/c20-14-4-8-16(9-5-14)22-18-3-1-2-13(12-24)19(18)23-17-10-6-15(21)7-11-17/h1-12,22-23H. The third kappa shape index (κ3) is 4.27. The number of benzene rings is 3. The Hall–Kier alpha value is -1.61. The Morgan fingerprint density at radius 3 is 1.79 bits per heavy atom. The molecule has 3 aromatic carbocycles. The Morgan fingerprint density at radius 1 is 0.708 bits per heavy atom. The van der Waals surface area contributed by atoms with E-state index in [-0.39, 0.29) is 0 Å². The van der Waals surface area contributed by atoms with E-state index in [1.165, 1.54) is 7.14 Å². The molecule has 0 amide bonds. The molecular weight excluding hydrogens is 526 g/mol. The first-order chi connectivity index (χ1) is 11.7. The number of carbonyl (C=O) groups is 1. The molecule has 0 radical (unpaired) electrons. The zero-order valence-corrected chi connectivity index (χ0v) is 16.9. The van der Waals surface area contributed by atoms with E-state index in [1.807, 2.05) is 60.7 Å². The van der Waals surface area contributed by atoms with Crippen molar-refractivity contribution in [3.63, 3.8) is 0 Å². The predicted molar refractivity (Wildman–Crippen MR) is 117 cm³/mol. The van der Waals surface area contributed by atoms with Crippen molar-refractivity contribution in [1.82, 2.24) is 0 Å². The maximum atomic E-state index is 11.5. The normalized spacial score (nSPS) is 10.2. The molecule has 0 aliphatic carbocycles. The highest BCUT2D eigenvalue weighted by atomic mass is 127. The van der Waals surface area contributed by atoms with E-state index in [9.17, 15) is 4.79 Å². The van der Waals surface area contributed by atoms with Gasteiger partial charge in [0, 0.05) is 24.1 Å². The third-order valence-corrected chi connectivity index (χ3v) is 4.90. The van der Waals surface area contributed by atoms with Crippen LogP contribution in [-0.4, -0.2) is 6.29 Å². The molecule has 24 heavy (non-hydrogen) atoms. The van der Waals surface area contributed by atoms with Gasteiger partial charge in [-0.1, -0.05) is 6.07 Å². The second-order valence-electron chi connectivity index (χ2n) is 5.15. The van der Waals surface area contributed by atoms with Crippen LogP contribution >= 0.6 is 45.2 Å². The average Bonchev–Trinajstić information content (AvgIpc) is 2.60. The smallest absolute Gasteiger partial charge is 0.152 e. The van der Waals surface area contributed by atoms with Crippen LogP contribution < -0.4 is 10.6 Å². The molecule has 3 aromatic rings. The molecule has 2 N–H and O–H groups in total. The first-order valence-corrected chi connectivity index (χ1v) is 9.45. The van der Waals surface area contributed by atoms with E-state index in [1.54, 1.807) is 6.07 Å². The van der Waals surface area contributed by atoms with Crippen LogP contribution in [0.5, 0.6) is 0 Å². The maximum absolute atomic E-state index is 11.5. The summed E-state index contributed by atoms with van der Waals surface area (Å²) in [5.74, 6) is 0. The van der Waals surface area contributed by atoms with Crippen molar-refractivity contribution >= 4 is 74.2 Å². The van der Waals surface area contributed by atoms with Gasteiger partial charge in [-0.15, -0.1) is 0 Å². The quantitative estimate of drug-likeness (QED) is 0.300. The number of rotatable bonds is 5. The molecule has 3 nitrogen and oxygen atoms in total. The van der Waals surface area contributed by atoms with Crippen LogP contribution in [0.4, 0.5) is 22.7 Å². The molecule has 0 atom stereocenters. The predicted octanol–water partition coefficient (Wildman–Crippen LogP) is 6.20. The number of para-hydroxylation sites is 1. The topological polar surface area (TPSA) is 41.1 Å². The number of nitrogens with one attached hydrogen (secondary N) is 2. The number of aldehydes is 1. The van der Waals surface area contributed by atoms with Gasteiger partial charge in [0.2, 0.25) is 0 Å². The highest BCUT2D eigenvalue weighted by Gasteiger charge is 2.09. The molecule has 5 heteroatoms. The van der Waals surface area contributed by atoms with Crippen LogP contribution in [0, 0.1) is 7.14 Å². The molecule has 3 rings (SSSR count). The van der Waals surface area contributed by atoms with Crippen molar-refractivity contribution in [1.29, 1.82) is 0 Å². The molecule has 0 aliphatic rings. The lowest BCUT2D eigenvalue weighted by Gasteiger charge is -2.16. The van der Waals surface area contributed by atoms with Crippen LogP contribution in [0.2, 0.25) is 0 Å². The minimum absolute atomic E-state index is 0.615. The van der Waals surface area contributed by atoms with Crippen LogP contribution in [0.15, 0.2) is 66.7 Å². The SMILES string of the molecule is O=Cc1cccc(Nc2ccc(I)cc2)c1Nc1ccc(I)cc1. The summed E-state index contributed by atoms with van der Waals surface area (Å²) in [5, 5.41) is 6.73. The van der Waals surface area contributed by atoms with E-state index < -0.39 is 0 Å². The molecule has 0 heterocycles. The summed E-state index contributed by atoms with van der Waals surface area (Å²) in [6.45, 7) is 0. The number of carbonyl (C=O) groups excluding carboxylic acids is 1. The largest absolute Gasteiger partial charge is 0.354 e. The van der Waals surface area contributed by atoms with E-state index in [4.69, 9.17) is 0 Å². The fourth-order valence-corrected chi connectivity index (χ4v) is 3.00. The van der Waals surface area contributed by atoms with Crippen molar-refractivity contribution in [2.45, 2.75) is 0 Å². The van der Waals surface area contributed by atoms with Gasteiger partial charge in [-0.3, -0.25) is 4.79 Å². The molecule has 0 bridgehead atoms. The molecule has 0 aromatic heterocycles. The molecule has 120 valence electrons. The van der Waals surface area contributed by atoms with Gasteiger partial charge < -0.3 is 10.6 Å². The minimum atomic E-state index is 0.615. The lowest BCUT2D eigenvalue weighted by Crippen LogP contribution is -2.01. The zero-order chi connectivity index (χ0) is 16.9. The molecule has 0 saturated heterocycles. The van der Waals surface area contributed by atoms with Crippen molar-refractivity contribution in [3.8, 4) is 0 Å². The molecule has 0 aliphatic heterocycles. The second kappa shape index (κ2) is 7.98. The first kappa shape index (κ1) is 17.2. The van der Waals surface area contributed by atoms with E-state index >= 15 is 0 Å². The zero-order valence-electron chi connectivity index (χ0n) is 12.6. The Kier molecular flexibility index (Phi) is 5.72. The average molecular weight is 540 g/mol. The van der Waals surface area contributed by atoms with Crippen molar-refractivity contribution in [2.24, 2.45) is 0 Å². The van der Waals surface area contributed by atoms with Gasteiger partial charge in [0.25, 0.3) is 0 Å². The van der Waals surface area contributed by atoms with Gasteiger partial charge in [-0.25, -0.2) is 0 Å². The number of hydrogen-bond donors (Lipinski definition) is 2. The summed E-state index contributed by atoms with van der Waals surface area (Å²) in [6.07, 6.45) is 0.869. The summed E-state index contributed by atoms with van der Waals surface area (Å²) in [5.41, 5.74) is 4.16. The van der Waals surface area contributed by atoms with Crippen LogP contribution in [0.1, 0.15) is 10.4 Å². The van der Waals surface area contributed by atoms with Gasteiger partial charge in [-0.2, -0.15) is 0 Å². The molecule has 0 spiro atoms. The Labute approximate surface area is 168 Å². The lowest BCUT2D eigenvalue weighted by molar-refractivity contribution is 0.112. The van der Waals surface area contributed by atoms with Crippen LogP contribution in [-0.2, 0) is 0 Å². The number of halogens is 2. The summed E-state index contributed by atoms with van der Waals surface area (Å²) in [4.78, 5) is 11.5. The molecule has 0 unspecified atom stereocenters. The highest BCUT2D eigenvalue weighted by molar-refractivity contribution is 14.1. The van der Waals surface area contributed by atoms with Crippen LogP contribution in [0.3, 0.4) is 0 Å². The minimum Gasteiger partial charge on any atom is -0.354 e. The Balaban J connectivity index is 1.95. The first-order valence-electron chi connectivity index (χ1n) is 7.29. The van der Waals surface area contributed by atoms with Gasteiger partial charge in [-0.05, 0) is 106 Å². The molecule has 0 saturated carbocycles. The summed E-state index contributed by atoms with van der Waals surface area (Å²) >= 11 is 4.55. The lowest BCUT2D eigenvalue weighted by atomic mass is 10.1. The van der Waals surface area contributed by atoms with Gasteiger partial charge in [0.1, 0.15) is 0 Å². The fourth-order valence-electron chi connectivity index (χ4n) is 2.28. The highest BCUT2D eigenvalue weighted by Crippen LogP contribution is 2.31. The Bertz CT molecular complexity index is 846. The molecular formula is C19H14I2N2O. The fraction of sp³-hybridized carbons (Fsp3) is 0. The van der Waals surface area contributed by atoms with E-state index in [0.717, 1.165) is 29.0 Å².